The fraction of sp³-hybridized carbons (Fsp3) is 0.143. The molecular weight excluding hydrogens is 378 g/mol. The fourth-order valence-corrected chi connectivity index (χ4v) is 3.46. The third-order valence-electron chi connectivity index (χ3n) is 4.62. The van der Waals surface area contributed by atoms with Crippen molar-refractivity contribution >= 4 is 28.2 Å². The third-order valence-corrected chi connectivity index (χ3v) is 4.94. The summed E-state index contributed by atoms with van der Waals surface area (Å²) >= 11 is 6.49. The quantitative estimate of drug-likeness (QED) is 0.530. The summed E-state index contributed by atoms with van der Waals surface area (Å²) in [7, 11) is 3.92. The SMILES string of the molecule is Cc1cc(-c2c(O)c3cc(-c4cccc(N(C)C)c4)c(Cl)cc3[nH]c2=O)on1. The van der Waals surface area contributed by atoms with E-state index in [1.807, 2.05) is 43.3 Å². The van der Waals surface area contributed by atoms with Gasteiger partial charge in [-0.2, -0.15) is 0 Å². The Hall–Kier alpha value is -3.25. The number of pyridine rings is 1. The maximum absolute atomic E-state index is 12.5. The van der Waals surface area contributed by atoms with Crippen LogP contribution in [0.5, 0.6) is 5.75 Å². The fourth-order valence-electron chi connectivity index (χ4n) is 3.18. The molecule has 0 fully saturated rings. The molecule has 6 nitrogen and oxygen atoms in total. The average molecular weight is 396 g/mol. The predicted molar refractivity (Wildman–Crippen MR) is 111 cm³/mol. The molecule has 0 atom stereocenters. The number of aromatic nitrogens is 2. The zero-order valence-corrected chi connectivity index (χ0v) is 16.3. The van der Waals surface area contributed by atoms with E-state index in [0.29, 0.717) is 21.6 Å². The number of fused-ring (bicyclic) bond motifs is 1. The molecule has 0 aliphatic carbocycles. The molecule has 0 saturated heterocycles. The van der Waals surface area contributed by atoms with Crippen LogP contribution in [-0.2, 0) is 0 Å². The molecule has 2 aromatic heterocycles. The van der Waals surface area contributed by atoms with Crippen LogP contribution in [0.4, 0.5) is 5.69 Å². The van der Waals surface area contributed by atoms with Gasteiger partial charge in [0, 0.05) is 36.8 Å². The number of hydrogen-bond acceptors (Lipinski definition) is 5. The molecule has 0 unspecified atom stereocenters. The summed E-state index contributed by atoms with van der Waals surface area (Å²) in [6, 6.07) is 12.9. The highest BCUT2D eigenvalue weighted by Gasteiger charge is 2.19. The van der Waals surface area contributed by atoms with Gasteiger partial charge < -0.3 is 19.5 Å². The Morgan fingerprint density at radius 3 is 2.64 bits per heavy atom. The number of anilines is 1. The maximum atomic E-state index is 12.5. The van der Waals surface area contributed by atoms with Gasteiger partial charge in [-0.1, -0.05) is 28.9 Å². The van der Waals surface area contributed by atoms with Gasteiger partial charge in [0.2, 0.25) is 0 Å². The van der Waals surface area contributed by atoms with Crippen LogP contribution in [-0.4, -0.2) is 29.3 Å². The van der Waals surface area contributed by atoms with Gasteiger partial charge in [-0.25, -0.2) is 0 Å². The molecule has 0 aliphatic heterocycles. The number of aromatic hydroxyl groups is 1. The van der Waals surface area contributed by atoms with Gasteiger partial charge in [-0.15, -0.1) is 0 Å². The largest absolute Gasteiger partial charge is 0.506 e. The summed E-state index contributed by atoms with van der Waals surface area (Å²) in [5.41, 5.74) is 3.31. The molecule has 4 aromatic rings. The molecule has 7 heteroatoms. The van der Waals surface area contributed by atoms with Crippen molar-refractivity contribution in [1.82, 2.24) is 10.1 Å². The second kappa shape index (κ2) is 6.73. The second-order valence-electron chi connectivity index (χ2n) is 6.83. The minimum absolute atomic E-state index is 0.0448. The summed E-state index contributed by atoms with van der Waals surface area (Å²) in [5, 5.41) is 15.6. The van der Waals surface area contributed by atoms with E-state index in [2.05, 4.69) is 10.1 Å². The van der Waals surface area contributed by atoms with Crippen molar-refractivity contribution in [2.75, 3.05) is 19.0 Å². The van der Waals surface area contributed by atoms with Gasteiger partial charge in [0.05, 0.1) is 16.2 Å². The maximum Gasteiger partial charge on any atom is 0.263 e. The lowest BCUT2D eigenvalue weighted by Gasteiger charge is -2.15. The Bertz CT molecular complexity index is 1260. The van der Waals surface area contributed by atoms with Crippen molar-refractivity contribution in [1.29, 1.82) is 0 Å². The Morgan fingerprint density at radius 2 is 1.96 bits per heavy atom. The first-order valence-electron chi connectivity index (χ1n) is 8.65. The molecule has 0 aliphatic rings. The van der Waals surface area contributed by atoms with E-state index in [4.69, 9.17) is 16.1 Å². The zero-order chi connectivity index (χ0) is 20.0. The van der Waals surface area contributed by atoms with E-state index in [9.17, 15) is 9.90 Å². The van der Waals surface area contributed by atoms with Crippen molar-refractivity contribution in [2.45, 2.75) is 6.92 Å². The Kier molecular flexibility index (Phi) is 4.35. The van der Waals surface area contributed by atoms with Crippen LogP contribution in [0.2, 0.25) is 5.02 Å². The lowest BCUT2D eigenvalue weighted by molar-refractivity contribution is 0.421. The summed E-state index contributed by atoms with van der Waals surface area (Å²) in [4.78, 5) is 17.3. The van der Waals surface area contributed by atoms with Crippen molar-refractivity contribution in [2.24, 2.45) is 0 Å². The lowest BCUT2D eigenvalue weighted by Crippen LogP contribution is -2.09. The molecule has 0 bridgehead atoms. The van der Waals surface area contributed by atoms with Crippen molar-refractivity contribution < 1.29 is 9.63 Å². The molecule has 2 aromatic carbocycles. The van der Waals surface area contributed by atoms with Crippen LogP contribution in [0.25, 0.3) is 33.4 Å². The molecule has 2 N–H and O–H groups in total. The summed E-state index contributed by atoms with van der Waals surface area (Å²) in [6.45, 7) is 1.74. The van der Waals surface area contributed by atoms with E-state index >= 15 is 0 Å². The number of rotatable bonds is 3. The van der Waals surface area contributed by atoms with E-state index in [-0.39, 0.29) is 17.1 Å². The Balaban J connectivity index is 1.97. The molecule has 142 valence electrons. The first kappa shape index (κ1) is 18.1. The highest BCUT2D eigenvalue weighted by molar-refractivity contribution is 6.34. The van der Waals surface area contributed by atoms with Gasteiger partial charge in [0.1, 0.15) is 11.3 Å². The predicted octanol–water partition coefficient (Wildman–Crippen LogP) is 4.58. The number of H-pyrrole nitrogens is 1. The van der Waals surface area contributed by atoms with E-state index < -0.39 is 5.56 Å². The zero-order valence-electron chi connectivity index (χ0n) is 15.6. The summed E-state index contributed by atoms with van der Waals surface area (Å²) < 4.78 is 5.18. The highest BCUT2D eigenvalue weighted by atomic mass is 35.5. The van der Waals surface area contributed by atoms with Gasteiger partial charge >= 0.3 is 0 Å². The molecule has 0 spiro atoms. The van der Waals surface area contributed by atoms with Gasteiger partial charge in [0.15, 0.2) is 5.76 Å². The highest BCUT2D eigenvalue weighted by Crippen LogP contribution is 2.38. The Labute approximate surface area is 166 Å². The van der Waals surface area contributed by atoms with E-state index in [1.54, 1.807) is 25.1 Å². The van der Waals surface area contributed by atoms with Crippen LogP contribution >= 0.6 is 11.6 Å². The molecule has 0 radical (unpaired) electrons. The number of nitrogens with one attached hydrogen (secondary N) is 1. The molecule has 0 saturated carbocycles. The second-order valence-corrected chi connectivity index (χ2v) is 7.24. The van der Waals surface area contributed by atoms with Crippen molar-refractivity contribution in [3.63, 3.8) is 0 Å². The summed E-state index contributed by atoms with van der Waals surface area (Å²) in [5.74, 6) is 0.0424. The first-order valence-corrected chi connectivity index (χ1v) is 9.03. The van der Waals surface area contributed by atoms with Crippen LogP contribution in [0.15, 0.2) is 51.8 Å². The minimum atomic E-state index is -0.473. The number of hydrogen-bond donors (Lipinski definition) is 2. The average Bonchev–Trinajstić information content (AvgIpc) is 3.07. The molecule has 28 heavy (non-hydrogen) atoms. The minimum Gasteiger partial charge on any atom is -0.506 e. The topological polar surface area (TPSA) is 82.4 Å². The third kappa shape index (κ3) is 3.01. The number of halogens is 1. The molecular formula is C21H18ClN3O3. The monoisotopic (exact) mass is 395 g/mol. The lowest BCUT2D eigenvalue weighted by atomic mass is 10.0. The number of aryl methyl sites for hydroxylation is 1. The molecule has 0 amide bonds. The standard InChI is InChI=1S/C21H18ClN3O3/c1-11-7-18(28-24-11)19-20(26)15-9-14(16(22)10-17(15)23-21(19)27)12-5-4-6-13(8-12)25(2)3/h4-10H,1-3H3,(H2,23,26,27). The van der Waals surface area contributed by atoms with Gasteiger partial charge in [-0.05, 0) is 36.8 Å². The smallest absolute Gasteiger partial charge is 0.263 e. The normalized spacial score (nSPS) is 11.1. The van der Waals surface area contributed by atoms with Crippen LogP contribution < -0.4 is 10.5 Å². The number of benzene rings is 2. The number of aromatic amines is 1. The van der Waals surface area contributed by atoms with E-state index in [0.717, 1.165) is 16.8 Å². The van der Waals surface area contributed by atoms with Gasteiger partial charge in [-0.3, -0.25) is 4.79 Å². The number of nitrogens with zero attached hydrogens (tertiary/aromatic N) is 2. The van der Waals surface area contributed by atoms with Crippen LogP contribution in [0, 0.1) is 6.92 Å². The van der Waals surface area contributed by atoms with Crippen LogP contribution in [0.3, 0.4) is 0 Å². The molecule has 4 rings (SSSR count). The van der Waals surface area contributed by atoms with Crippen molar-refractivity contribution in [3.8, 4) is 28.2 Å². The summed E-state index contributed by atoms with van der Waals surface area (Å²) in [6.07, 6.45) is 0. The van der Waals surface area contributed by atoms with E-state index in [1.165, 1.54) is 0 Å². The first-order chi connectivity index (χ1) is 13.3. The molecule has 2 heterocycles. The van der Waals surface area contributed by atoms with Gasteiger partial charge in [0.25, 0.3) is 5.56 Å². The van der Waals surface area contributed by atoms with Crippen LogP contribution in [0.1, 0.15) is 5.69 Å². The van der Waals surface area contributed by atoms with Crippen molar-refractivity contribution in [3.05, 3.63) is 63.5 Å². The Morgan fingerprint density at radius 1 is 1.18 bits per heavy atom.